The maximum Gasteiger partial charge on any atom is 0.307 e. The predicted molar refractivity (Wildman–Crippen MR) is 84.5 cm³/mol. The molecule has 1 fully saturated rings. The lowest BCUT2D eigenvalue weighted by Gasteiger charge is -2.35. The first kappa shape index (κ1) is 17.4. The zero-order chi connectivity index (χ0) is 17.2. The Morgan fingerprint density at radius 1 is 1.22 bits per heavy atom. The molecule has 2 atom stereocenters. The molecular formula is C15H20N2O5S. The number of carbonyl (C=O) groups excluding carboxylic acids is 1. The van der Waals surface area contributed by atoms with Crippen LogP contribution in [-0.2, 0) is 19.6 Å². The van der Waals surface area contributed by atoms with E-state index in [1.54, 1.807) is 6.92 Å². The van der Waals surface area contributed by atoms with Crippen molar-refractivity contribution >= 4 is 27.6 Å². The Bertz CT molecular complexity index is 699. The smallest absolute Gasteiger partial charge is 0.307 e. The van der Waals surface area contributed by atoms with Gasteiger partial charge in [-0.25, -0.2) is 8.42 Å². The Labute approximate surface area is 135 Å². The number of nitrogens with zero attached hydrogens (tertiary/aromatic N) is 1. The molecule has 0 saturated carbocycles. The number of sulfonamides is 1. The van der Waals surface area contributed by atoms with E-state index in [0.717, 1.165) is 0 Å². The number of hydrogen-bond donors (Lipinski definition) is 2. The van der Waals surface area contributed by atoms with Gasteiger partial charge in [-0.05, 0) is 44.0 Å². The van der Waals surface area contributed by atoms with Crippen molar-refractivity contribution in [2.45, 2.75) is 37.6 Å². The third-order valence-corrected chi connectivity index (χ3v) is 5.95. The Morgan fingerprint density at radius 2 is 1.83 bits per heavy atom. The number of nitrogens with one attached hydrogen (secondary N) is 1. The van der Waals surface area contributed by atoms with Crippen LogP contribution in [-0.4, -0.2) is 42.3 Å². The normalized spacial score (nSPS) is 22.5. The number of hydrogen-bond acceptors (Lipinski definition) is 4. The number of piperidine rings is 1. The van der Waals surface area contributed by atoms with Crippen molar-refractivity contribution in [3.63, 3.8) is 0 Å². The van der Waals surface area contributed by atoms with Crippen molar-refractivity contribution in [2.24, 2.45) is 5.92 Å². The van der Waals surface area contributed by atoms with Crippen LogP contribution in [0.2, 0.25) is 0 Å². The fourth-order valence-corrected chi connectivity index (χ4v) is 4.37. The van der Waals surface area contributed by atoms with E-state index >= 15 is 0 Å². The summed E-state index contributed by atoms with van der Waals surface area (Å²) in [4.78, 5) is 22.2. The van der Waals surface area contributed by atoms with E-state index in [9.17, 15) is 18.0 Å². The second-order valence-electron chi connectivity index (χ2n) is 5.74. The van der Waals surface area contributed by atoms with E-state index in [4.69, 9.17) is 5.11 Å². The SMILES string of the molecule is CC(=O)Nc1ccc(S(=O)(=O)N2CC(C(=O)O)CCC2C)cc1. The number of amides is 1. The molecule has 7 nitrogen and oxygen atoms in total. The summed E-state index contributed by atoms with van der Waals surface area (Å²) in [7, 11) is -3.77. The lowest BCUT2D eigenvalue weighted by Crippen LogP contribution is -2.47. The molecule has 2 unspecified atom stereocenters. The number of carboxylic acid groups (broad SMARTS) is 1. The van der Waals surface area contributed by atoms with Gasteiger partial charge in [0.15, 0.2) is 0 Å². The highest BCUT2D eigenvalue weighted by atomic mass is 32.2. The van der Waals surface area contributed by atoms with Crippen molar-refractivity contribution in [1.82, 2.24) is 4.31 Å². The molecular weight excluding hydrogens is 320 g/mol. The highest BCUT2D eigenvalue weighted by Gasteiger charge is 2.37. The number of aliphatic carboxylic acids is 1. The Morgan fingerprint density at radius 3 is 2.35 bits per heavy atom. The fourth-order valence-electron chi connectivity index (χ4n) is 2.66. The third kappa shape index (κ3) is 3.89. The molecule has 0 aliphatic carbocycles. The molecule has 1 heterocycles. The first-order chi connectivity index (χ1) is 10.7. The van der Waals surface area contributed by atoms with Gasteiger partial charge in [-0.1, -0.05) is 0 Å². The van der Waals surface area contributed by atoms with E-state index in [1.165, 1.54) is 35.5 Å². The quantitative estimate of drug-likeness (QED) is 0.865. The third-order valence-electron chi connectivity index (χ3n) is 3.96. The van der Waals surface area contributed by atoms with Gasteiger partial charge in [-0.15, -0.1) is 0 Å². The molecule has 1 aliphatic rings. The molecule has 2 rings (SSSR count). The van der Waals surface area contributed by atoms with Gasteiger partial charge in [0.25, 0.3) is 0 Å². The molecule has 1 aromatic rings. The topological polar surface area (TPSA) is 104 Å². The Kier molecular flexibility index (Phi) is 5.06. The highest BCUT2D eigenvalue weighted by Crippen LogP contribution is 2.28. The zero-order valence-corrected chi connectivity index (χ0v) is 13.8. The maximum atomic E-state index is 12.7. The molecule has 1 amide bonds. The van der Waals surface area contributed by atoms with Gasteiger partial charge in [-0.3, -0.25) is 9.59 Å². The lowest BCUT2D eigenvalue weighted by atomic mass is 9.96. The number of benzene rings is 1. The number of carbonyl (C=O) groups is 2. The Balaban J connectivity index is 2.25. The summed E-state index contributed by atoms with van der Waals surface area (Å²) in [6, 6.07) is 5.61. The van der Waals surface area contributed by atoms with Crippen molar-refractivity contribution in [2.75, 3.05) is 11.9 Å². The van der Waals surface area contributed by atoms with Gasteiger partial charge < -0.3 is 10.4 Å². The molecule has 23 heavy (non-hydrogen) atoms. The molecule has 1 aliphatic heterocycles. The lowest BCUT2D eigenvalue weighted by molar-refractivity contribution is -0.143. The van der Waals surface area contributed by atoms with Crippen LogP contribution in [0.3, 0.4) is 0 Å². The van der Waals surface area contributed by atoms with E-state index in [1.807, 2.05) is 0 Å². The summed E-state index contributed by atoms with van der Waals surface area (Å²) in [5, 5.41) is 11.7. The minimum atomic E-state index is -3.77. The van der Waals surface area contributed by atoms with Crippen LogP contribution in [0, 0.1) is 5.92 Å². The molecule has 126 valence electrons. The molecule has 0 spiro atoms. The van der Waals surface area contributed by atoms with Crippen LogP contribution in [0.1, 0.15) is 26.7 Å². The molecule has 0 radical (unpaired) electrons. The van der Waals surface area contributed by atoms with E-state index < -0.39 is 21.9 Å². The van der Waals surface area contributed by atoms with Gasteiger partial charge in [-0.2, -0.15) is 4.31 Å². The van der Waals surface area contributed by atoms with Crippen LogP contribution in [0.15, 0.2) is 29.2 Å². The first-order valence-corrected chi connectivity index (χ1v) is 8.78. The average molecular weight is 340 g/mol. The molecule has 0 bridgehead atoms. The van der Waals surface area contributed by atoms with Crippen LogP contribution < -0.4 is 5.32 Å². The van der Waals surface area contributed by atoms with Crippen molar-refractivity contribution in [3.05, 3.63) is 24.3 Å². The summed E-state index contributed by atoms with van der Waals surface area (Å²) in [5.74, 6) is -1.90. The van der Waals surface area contributed by atoms with Crippen LogP contribution in [0.25, 0.3) is 0 Å². The highest BCUT2D eigenvalue weighted by molar-refractivity contribution is 7.89. The van der Waals surface area contributed by atoms with E-state index in [-0.39, 0.29) is 23.4 Å². The fraction of sp³-hybridized carbons (Fsp3) is 0.467. The van der Waals surface area contributed by atoms with Crippen molar-refractivity contribution in [3.8, 4) is 0 Å². The molecule has 8 heteroatoms. The monoisotopic (exact) mass is 340 g/mol. The second kappa shape index (κ2) is 6.67. The van der Waals surface area contributed by atoms with E-state index in [0.29, 0.717) is 18.5 Å². The Hall–Kier alpha value is -1.93. The van der Waals surface area contributed by atoms with Crippen molar-refractivity contribution < 1.29 is 23.1 Å². The number of carboxylic acids is 1. The first-order valence-electron chi connectivity index (χ1n) is 7.34. The van der Waals surface area contributed by atoms with E-state index in [2.05, 4.69) is 5.32 Å². The molecule has 1 aromatic carbocycles. The van der Waals surface area contributed by atoms with Crippen LogP contribution in [0.5, 0.6) is 0 Å². The van der Waals surface area contributed by atoms with Gasteiger partial charge in [0.1, 0.15) is 0 Å². The van der Waals surface area contributed by atoms with Gasteiger partial charge >= 0.3 is 5.97 Å². The van der Waals surface area contributed by atoms with Crippen LogP contribution >= 0.6 is 0 Å². The van der Waals surface area contributed by atoms with Crippen molar-refractivity contribution in [1.29, 1.82) is 0 Å². The summed E-state index contributed by atoms with van der Waals surface area (Å²) in [6.07, 6.45) is 0.990. The molecule has 1 saturated heterocycles. The standard InChI is InChI=1S/C15H20N2O5S/c1-10-3-4-12(15(19)20)9-17(10)23(21,22)14-7-5-13(6-8-14)16-11(2)18/h5-8,10,12H,3-4,9H2,1-2H3,(H,16,18)(H,19,20). The largest absolute Gasteiger partial charge is 0.481 e. The predicted octanol–water partition coefficient (Wildman–Crippen LogP) is 1.52. The summed E-state index contributed by atoms with van der Waals surface area (Å²) in [6.45, 7) is 3.12. The maximum absolute atomic E-state index is 12.7. The van der Waals surface area contributed by atoms with Crippen LogP contribution in [0.4, 0.5) is 5.69 Å². The number of anilines is 1. The van der Waals surface area contributed by atoms with Gasteiger partial charge in [0.05, 0.1) is 10.8 Å². The average Bonchev–Trinajstić information content (AvgIpc) is 2.47. The summed E-state index contributed by atoms with van der Waals surface area (Å²) >= 11 is 0. The van der Waals surface area contributed by atoms with Gasteiger partial charge in [0, 0.05) is 25.2 Å². The molecule has 2 N–H and O–H groups in total. The molecule has 0 aromatic heterocycles. The minimum Gasteiger partial charge on any atom is -0.481 e. The van der Waals surface area contributed by atoms with Gasteiger partial charge in [0.2, 0.25) is 15.9 Å². The number of rotatable bonds is 4. The minimum absolute atomic E-state index is 0.0215. The second-order valence-corrected chi connectivity index (χ2v) is 7.63. The summed E-state index contributed by atoms with van der Waals surface area (Å²) < 4.78 is 26.7. The zero-order valence-electron chi connectivity index (χ0n) is 13.0. The summed E-state index contributed by atoms with van der Waals surface area (Å²) in [5.41, 5.74) is 0.506.